The Labute approximate surface area is 164 Å². The Morgan fingerprint density at radius 2 is 1.54 bits per heavy atom. The van der Waals surface area contributed by atoms with Crippen LogP contribution in [0.1, 0.15) is 11.4 Å². The summed E-state index contributed by atoms with van der Waals surface area (Å²) in [7, 11) is 0. The summed E-state index contributed by atoms with van der Waals surface area (Å²) in [6.07, 6.45) is -4.81. The van der Waals surface area contributed by atoms with E-state index < -0.39 is 34.1 Å². The van der Waals surface area contributed by atoms with E-state index in [0.717, 1.165) is 12.1 Å². The number of halogens is 5. The molecule has 4 nitrogen and oxygen atoms in total. The van der Waals surface area contributed by atoms with Crippen molar-refractivity contribution in [2.75, 3.05) is 0 Å². The molecule has 1 heterocycles. The van der Waals surface area contributed by atoms with E-state index in [-0.39, 0.29) is 17.0 Å². The van der Waals surface area contributed by atoms with Gasteiger partial charge in [-0.3, -0.25) is 0 Å². The van der Waals surface area contributed by atoms with Crippen LogP contribution in [0.4, 0.5) is 17.6 Å². The van der Waals surface area contributed by atoms with Crippen LogP contribution >= 0.6 is 11.6 Å². The third-order valence-corrected chi connectivity index (χ3v) is 4.62. The second kappa shape index (κ2) is 7.94. The number of benzene rings is 2. The molecule has 0 amide bonds. The molecule has 0 aliphatic heterocycles. The molecule has 3 rings (SSSR count). The fraction of sp³-hybridized carbons (Fsp3) is 0.111. The summed E-state index contributed by atoms with van der Waals surface area (Å²) in [5, 5.41) is -0.426. The minimum Gasteiger partial charge on any atom is -0.306 e. The first kappa shape index (κ1) is 20.4. The van der Waals surface area contributed by atoms with Gasteiger partial charge in [0.05, 0.1) is 11.4 Å². The highest BCUT2D eigenvalue weighted by atomic mass is 35.5. The fourth-order valence-corrected chi connectivity index (χ4v) is 3.30. The molecule has 2 aromatic carbocycles. The maximum atomic E-state index is 13.2. The summed E-state index contributed by atoms with van der Waals surface area (Å²) >= 11 is 3.99. The normalized spacial score (nSPS) is 12.8. The van der Waals surface area contributed by atoms with E-state index in [1.165, 1.54) is 36.4 Å². The average Bonchev–Trinajstić information content (AvgIpc) is 2.61. The summed E-state index contributed by atoms with van der Waals surface area (Å²) in [4.78, 5) is 6.99. The van der Waals surface area contributed by atoms with Crippen LogP contribution in [-0.4, -0.2) is 18.7 Å². The second-order valence-corrected chi connectivity index (χ2v) is 7.02. The van der Waals surface area contributed by atoms with Gasteiger partial charge >= 0.3 is 6.18 Å². The van der Waals surface area contributed by atoms with Crippen molar-refractivity contribution in [3.63, 3.8) is 0 Å². The molecule has 0 saturated carbocycles. The van der Waals surface area contributed by atoms with Gasteiger partial charge < -0.3 is 4.55 Å². The Kier molecular flexibility index (Phi) is 5.78. The van der Waals surface area contributed by atoms with Gasteiger partial charge in [-0.2, -0.15) is 13.2 Å². The van der Waals surface area contributed by atoms with E-state index in [0.29, 0.717) is 16.7 Å². The van der Waals surface area contributed by atoms with Gasteiger partial charge in [-0.05, 0) is 23.3 Å². The zero-order valence-corrected chi connectivity index (χ0v) is 15.4. The monoisotopic (exact) mass is 430 g/mol. The number of rotatable bonds is 4. The van der Waals surface area contributed by atoms with Crippen LogP contribution in [0.25, 0.3) is 22.4 Å². The van der Waals surface area contributed by atoms with Gasteiger partial charge in [-0.15, -0.1) is 0 Å². The minimum absolute atomic E-state index is 0.0874. The molecule has 1 atom stereocenters. The third-order valence-electron chi connectivity index (χ3n) is 3.77. The van der Waals surface area contributed by atoms with Crippen molar-refractivity contribution < 1.29 is 26.3 Å². The van der Waals surface area contributed by atoms with Crippen LogP contribution in [0.2, 0.25) is 5.15 Å². The number of alkyl halides is 3. The maximum Gasteiger partial charge on any atom is 0.451 e. The lowest BCUT2D eigenvalue weighted by Crippen LogP contribution is -2.12. The molecular formula is C18H11ClF4N2O2S. The highest BCUT2D eigenvalue weighted by Crippen LogP contribution is 2.38. The molecule has 146 valence electrons. The van der Waals surface area contributed by atoms with Crippen LogP contribution in [0.5, 0.6) is 0 Å². The van der Waals surface area contributed by atoms with E-state index in [1.807, 2.05) is 0 Å². The molecule has 0 aliphatic rings. The van der Waals surface area contributed by atoms with Crippen molar-refractivity contribution in [2.45, 2.75) is 11.9 Å². The highest BCUT2D eigenvalue weighted by molar-refractivity contribution is 7.78. The molecule has 0 bridgehead atoms. The van der Waals surface area contributed by atoms with Crippen LogP contribution in [0.15, 0.2) is 48.5 Å². The van der Waals surface area contributed by atoms with E-state index in [9.17, 15) is 21.8 Å². The molecule has 1 N–H and O–H groups in total. The lowest BCUT2D eigenvalue weighted by Gasteiger charge is -2.14. The molecule has 3 aromatic rings. The predicted molar refractivity (Wildman–Crippen MR) is 97.3 cm³/mol. The van der Waals surface area contributed by atoms with Crippen molar-refractivity contribution in [2.24, 2.45) is 0 Å². The molecule has 0 saturated heterocycles. The Morgan fingerprint density at radius 3 is 2.07 bits per heavy atom. The van der Waals surface area contributed by atoms with Crippen LogP contribution < -0.4 is 0 Å². The molecule has 1 unspecified atom stereocenters. The predicted octanol–water partition coefficient (Wildman–Crippen LogP) is 5.34. The van der Waals surface area contributed by atoms with Gasteiger partial charge in [0.25, 0.3) is 0 Å². The lowest BCUT2D eigenvalue weighted by molar-refractivity contribution is -0.144. The topological polar surface area (TPSA) is 63.1 Å². The summed E-state index contributed by atoms with van der Waals surface area (Å²) in [6, 6.07) is 10.9. The lowest BCUT2D eigenvalue weighted by atomic mass is 10.00. The molecule has 1 aromatic heterocycles. The average molecular weight is 431 g/mol. The highest BCUT2D eigenvalue weighted by Gasteiger charge is 2.36. The zero-order valence-electron chi connectivity index (χ0n) is 13.9. The SMILES string of the molecule is O=S(O)Cc1ccc(-c2nc(C(F)(F)F)nc(Cl)c2-c2ccc(F)cc2)cc1. The minimum atomic E-state index is -4.81. The van der Waals surface area contributed by atoms with Crippen molar-refractivity contribution in [3.05, 3.63) is 70.9 Å². The number of hydrogen-bond acceptors (Lipinski definition) is 3. The van der Waals surface area contributed by atoms with Crippen molar-refractivity contribution in [1.29, 1.82) is 0 Å². The second-order valence-electron chi connectivity index (χ2n) is 5.73. The van der Waals surface area contributed by atoms with E-state index >= 15 is 0 Å². The summed E-state index contributed by atoms with van der Waals surface area (Å²) in [6.45, 7) is 0. The van der Waals surface area contributed by atoms with Gasteiger partial charge in [0.1, 0.15) is 11.0 Å². The number of nitrogens with zero attached hydrogens (tertiary/aromatic N) is 2. The first-order chi connectivity index (χ1) is 13.1. The Morgan fingerprint density at radius 1 is 0.964 bits per heavy atom. The van der Waals surface area contributed by atoms with Gasteiger partial charge in [0, 0.05) is 11.1 Å². The number of aromatic nitrogens is 2. The third kappa shape index (κ3) is 4.54. The van der Waals surface area contributed by atoms with Crippen molar-refractivity contribution in [3.8, 4) is 22.4 Å². The van der Waals surface area contributed by atoms with Crippen LogP contribution in [0, 0.1) is 5.82 Å². The summed E-state index contributed by atoms with van der Waals surface area (Å²) in [5.41, 5.74) is 1.19. The van der Waals surface area contributed by atoms with E-state index in [2.05, 4.69) is 9.97 Å². The molecule has 0 spiro atoms. The van der Waals surface area contributed by atoms with Gasteiger partial charge in [0.2, 0.25) is 5.82 Å². The molecule has 28 heavy (non-hydrogen) atoms. The molecule has 0 radical (unpaired) electrons. The van der Waals surface area contributed by atoms with Crippen LogP contribution in [0.3, 0.4) is 0 Å². The molecule has 10 heteroatoms. The van der Waals surface area contributed by atoms with Gasteiger partial charge in [-0.25, -0.2) is 18.6 Å². The van der Waals surface area contributed by atoms with E-state index in [1.54, 1.807) is 0 Å². The number of hydrogen-bond donors (Lipinski definition) is 1. The van der Waals surface area contributed by atoms with Crippen molar-refractivity contribution in [1.82, 2.24) is 9.97 Å². The quantitative estimate of drug-likeness (QED) is 0.344. The zero-order chi connectivity index (χ0) is 20.5. The fourth-order valence-electron chi connectivity index (χ4n) is 2.54. The maximum absolute atomic E-state index is 13.2. The van der Waals surface area contributed by atoms with Crippen LogP contribution in [-0.2, 0) is 23.0 Å². The molecule has 0 fully saturated rings. The standard InChI is InChI=1S/C18H11ClF4N2O2S/c19-16-14(11-5-7-13(20)8-6-11)15(24-17(25-16)18(21,22)23)12-3-1-10(2-4-12)9-28(26)27/h1-8H,9H2,(H,26,27). The largest absolute Gasteiger partial charge is 0.451 e. The first-order valence-corrected chi connectivity index (χ1v) is 9.38. The molecule has 0 aliphatic carbocycles. The smallest absolute Gasteiger partial charge is 0.306 e. The Balaban J connectivity index is 2.20. The Bertz CT molecular complexity index is 1030. The first-order valence-electron chi connectivity index (χ1n) is 7.72. The molecular weight excluding hydrogens is 420 g/mol. The summed E-state index contributed by atoms with van der Waals surface area (Å²) in [5.74, 6) is -2.04. The Hall–Kier alpha value is -2.36. The van der Waals surface area contributed by atoms with E-state index in [4.69, 9.17) is 16.2 Å². The van der Waals surface area contributed by atoms with Gasteiger partial charge in [-0.1, -0.05) is 48.0 Å². The van der Waals surface area contributed by atoms with Crippen molar-refractivity contribution >= 4 is 22.7 Å². The summed E-state index contributed by atoms with van der Waals surface area (Å²) < 4.78 is 72.6. The van der Waals surface area contributed by atoms with Gasteiger partial charge in [0.15, 0.2) is 11.1 Å².